The third-order valence-electron chi connectivity index (χ3n) is 6.40. The molecule has 0 spiro atoms. The fraction of sp³-hybridized carbons (Fsp3) is 1.00. The molecule has 0 saturated carbocycles. The van der Waals surface area contributed by atoms with Crippen LogP contribution in [0.3, 0.4) is 0 Å². The van der Waals surface area contributed by atoms with E-state index < -0.39 is 14.6 Å². The second kappa shape index (κ2) is 13.4. The van der Waals surface area contributed by atoms with Gasteiger partial charge in [-0.15, -0.1) is 0 Å². The van der Waals surface area contributed by atoms with Crippen LogP contribution in [-0.2, 0) is 13.9 Å². The Hall–Kier alpha value is 0.0569. The molecule has 1 saturated heterocycles. The van der Waals surface area contributed by atoms with Gasteiger partial charge in [-0.3, -0.25) is 0 Å². The summed E-state index contributed by atoms with van der Waals surface area (Å²) in [6.07, 6.45) is 8.51. The first-order chi connectivity index (χ1) is 13.3. The molecule has 1 N–H and O–H groups in total. The molecule has 1 heterocycles. The fourth-order valence-corrected chi connectivity index (χ4v) is 10.5. The van der Waals surface area contributed by atoms with E-state index in [9.17, 15) is 5.11 Å². The summed E-state index contributed by atoms with van der Waals surface area (Å²) in [4.78, 5) is 0. The molecule has 0 aliphatic carbocycles. The number of aliphatic hydroxyl groups excluding tert-OH is 1. The van der Waals surface area contributed by atoms with E-state index in [2.05, 4.69) is 48.5 Å². The minimum Gasteiger partial charge on any atom is -0.408 e. The Kier molecular flexibility index (Phi) is 12.5. The Morgan fingerprint density at radius 3 is 2.04 bits per heavy atom. The van der Waals surface area contributed by atoms with E-state index >= 15 is 0 Å². The summed E-state index contributed by atoms with van der Waals surface area (Å²) in [7, 11) is -2.08. The summed E-state index contributed by atoms with van der Waals surface area (Å²) < 4.78 is 18.6. The van der Waals surface area contributed by atoms with Crippen molar-refractivity contribution >= 4 is 8.32 Å². The van der Waals surface area contributed by atoms with E-state index in [0.717, 1.165) is 38.7 Å². The molecule has 0 aromatic rings. The third-order valence-corrected chi connectivity index (χ3v) is 12.5. The molecule has 1 fully saturated rings. The summed E-state index contributed by atoms with van der Waals surface area (Å²) in [5.74, 6) is 0. The van der Waals surface area contributed by atoms with Crippen LogP contribution in [0.15, 0.2) is 0 Å². The van der Waals surface area contributed by atoms with Crippen LogP contribution in [0.4, 0.5) is 0 Å². The number of aliphatic hydroxyl groups is 1. The lowest BCUT2D eigenvalue weighted by Crippen LogP contribution is -2.53. The highest BCUT2D eigenvalue weighted by molar-refractivity contribution is 6.77. The van der Waals surface area contributed by atoms with Gasteiger partial charge in [-0.05, 0) is 42.3 Å². The Morgan fingerprint density at radius 2 is 1.54 bits per heavy atom. The first kappa shape index (κ1) is 26.1. The van der Waals surface area contributed by atoms with Crippen molar-refractivity contribution in [2.24, 2.45) is 0 Å². The van der Waals surface area contributed by atoms with Gasteiger partial charge in [0.25, 0.3) is 0 Å². The SMILES string of the molecule is CCCCCCC[C@H](O[Si](C(C)C)(C(C)C)C(C)C)[C@H](O)OC1CCCCO1. The molecule has 28 heavy (non-hydrogen) atoms. The third kappa shape index (κ3) is 7.71. The van der Waals surface area contributed by atoms with Crippen molar-refractivity contribution in [3.05, 3.63) is 0 Å². The van der Waals surface area contributed by atoms with Crippen LogP contribution < -0.4 is 0 Å². The molecule has 1 aliphatic rings. The van der Waals surface area contributed by atoms with Gasteiger partial charge in [-0.25, -0.2) is 0 Å². The van der Waals surface area contributed by atoms with Crippen LogP contribution in [-0.4, -0.2) is 38.7 Å². The summed E-state index contributed by atoms with van der Waals surface area (Å²) in [6, 6.07) is 0. The van der Waals surface area contributed by atoms with Gasteiger partial charge in [0.05, 0.1) is 6.10 Å². The fourth-order valence-electron chi connectivity index (χ4n) is 4.94. The summed E-state index contributed by atoms with van der Waals surface area (Å²) in [5.41, 5.74) is 1.48. The Morgan fingerprint density at radius 1 is 0.929 bits per heavy atom. The van der Waals surface area contributed by atoms with Gasteiger partial charge in [-0.1, -0.05) is 80.6 Å². The van der Waals surface area contributed by atoms with Crippen LogP contribution >= 0.6 is 0 Å². The van der Waals surface area contributed by atoms with E-state index in [4.69, 9.17) is 13.9 Å². The maximum atomic E-state index is 11.0. The summed E-state index contributed by atoms with van der Waals surface area (Å²) >= 11 is 0. The van der Waals surface area contributed by atoms with Gasteiger partial charge >= 0.3 is 0 Å². The predicted octanol–water partition coefficient (Wildman–Crippen LogP) is 6.77. The van der Waals surface area contributed by atoms with Gasteiger partial charge in [-0.2, -0.15) is 0 Å². The molecular formula is C23H48O4Si. The minimum atomic E-state index is -2.08. The smallest absolute Gasteiger partial charge is 0.201 e. The van der Waals surface area contributed by atoms with E-state index in [0.29, 0.717) is 16.6 Å². The Labute approximate surface area is 175 Å². The maximum Gasteiger partial charge on any atom is 0.201 e. The molecule has 1 unspecified atom stereocenters. The molecular weight excluding hydrogens is 368 g/mol. The summed E-state index contributed by atoms with van der Waals surface area (Å²) in [5, 5.41) is 11.0. The second-order valence-electron chi connectivity index (χ2n) is 9.50. The Balaban J connectivity index is 2.86. The quantitative estimate of drug-likeness (QED) is 0.193. The molecule has 3 atom stereocenters. The standard InChI is InChI=1S/C23H48O4Si/c1-8-9-10-11-12-15-21(23(24)26-22-16-13-14-17-25-22)27-28(18(2)3,19(4)5)20(6)7/h18-24H,8-17H2,1-7H3/t21-,22?,23+/m0/s1. The minimum absolute atomic E-state index is 0.258. The van der Waals surface area contributed by atoms with Crippen molar-refractivity contribution in [3.63, 3.8) is 0 Å². The number of hydrogen-bond acceptors (Lipinski definition) is 4. The van der Waals surface area contributed by atoms with Crippen molar-refractivity contribution in [2.75, 3.05) is 6.61 Å². The molecule has 1 aliphatic heterocycles. The first-order valence-corrected chi connectivity index (χ1v) is 14.0. The molecule has 0 aromatic heterocycles. The van der Waals surface area contributed by atoms with Gasteiger partial charge in [0, 0.05) is 6.61 Å². The second-order valence-corrected chi connectivity index (χ2v) is 14.9. The number of unbranched alkanes of at least 4 members (excludes halogenated alkanes) is 4. The zero-order valence-corrected chi connectivity index (χ0v) is 20.7. The number of ether oxygens (including phenoxy) is 2. The molecule has 168 valence electrons. The lowest BCUT2D eigenvalue weighted by molar-refractivity contribution is -0.263. The van der Waals surface area contributed by atoms with Crippen LogP contribution in [0.1, 0.15) is 106 Å². The van der Waals surface area contributed by atoms with E-state index in [1.54, 1.807) is 0 Å². The molecule has 0 bridgehead atoms. The van der Waals surface area contributed by atoms with Crippen molar-refractivity contribution in [1.29, 1.82) is 0 Å². The molecule has 1 rings (SSSR count). The maximum absolute atomic E-state index is 11.0. The lowest BCUT2D eigenvalue weighted by atomic mass is 10.1. The molecule has 0 aromatic carbocycles. The molecule has 4 nitrogen and oxygen atoms in total. The van der Waals surface area contributed by atoms with Crippen molar-refractivity contribution in [3.8, 4) is 0 Å². The molecule has 0 amide bonds. The van der Waals surface area contributed by atoms with Crippen LogP contribution in [0.5, 0.6) is 0 Å². The lowest BCUT2D eigenvalue weighted by Gasteiger charge is -2.45. The van der Waals surface area contributed by atoms with Crippen LogP contribution in [0.2, 0.25) is 16.6 Å². The normalized spacial score (nSPS) is 20.9. The topological polar surface area (TPSA) is 47.9 Å². The van der Waals surface area contributed by atoms with Gasteiger partial charge in [0.2, 0.25) is 8.32 Å². The molecule has 5 heteroatoms. The highest BCUT2D eigenvalue weighted by Gasteiger charge is 2.47. The first-order valence-electron chi connectivity index (χ1n) is 11.9. The highest BCUT2D eigenvalue weighted by atomic mass is 28.4. The van der Waals surface area contributed by atoms with Gasteiger partial charge in [0.1, 0.15) is 0 Å². The zero-order chi connectivity index (χ0) is 21.2. The average molecular weight is 417 g/mol. The van der Waals surface area contributed by atoms with Crippen molar-refractivity contribution in [2.45, 2.75) is 142 Å². The number of hydrogen-bond donors (Lipinski definition) is 1. The number of rotatable bonds is 14. The molecule has 0 radical (unpaired) electrons. The van der Waals surface area contributed by atoms with Gasteiger partial charge in [0.15, 0.2) is 12.6 Å². The van der Waals surface area contributed by atoms with Gasteiger partial charge < -0.3 is 19.0 Å². The summed E-state index contributed by atoms with van der Waals surface area (Å²) in [6.45, 7) is 16.7. The Bertz CT molecular complexity index is 372. The van der Waals surface area contributed by atoms with Crippen molar-refractivity contribution < 1.29 is 19.0 Å². The van der Waals surface area contributed by atoms with E-state index in [1.807, 2.05) is 0 Å². The van der Waals surface area contributed by atoms with Crippen LogP contribution in [0, 0.1) is 0 Å². The average Bonchev–Trinajstić information content (AvgIpc) is 2.63. The zero-order valence-electron chi connectivity index (χ0n) is 19.7. The van der Waals surface area contributed by atoms with E-state index in [-0.39, 0.29) is 12.4 Å². The predicted molar refractivity (Wildman–Crippen MR) is 120 cm³/mol. The van der Waals surface area contributed by atoms with Crippen LogP contribution in [0.25, 0.3) is 0 Å². The van der Waals surface area contributed by atoms with E-state index in [1.165, 1.54) is 25.7 Å². The monoisotopic (exact) mass is 416 g/mol. The largest absolute Gasteiger partial charge is 0.408 e. The van der Waals surface area contributed by atoms with Crippen molar-refractivity contribution in [1.82, 2.24) is 0 Å². The highest BCUT2D eigenvalue weighted by Crippen LogP contribution is 2.44.